The highest BCUT2D eigenvalue weighted by Gasteiger charge is 2.28. The molecule has 2 unspecified atom stereocenters. The average Bonchev–Trinajstić information content (AvgIpc) is 2.36. The molecular weight excluding hydrogens is 258 g/mol. The first-order valence-corrected chi connectivity index (χ1v) is 7.18. The molecule has 2 atom stereocenters. The molecule has 1 fully saturated rings. The van der Waals surface area contributed by atoms with Crippen LogP contribution in [0.5, 0.6) is 0 Å². The van der Waals surface area contributed by atoms with Gasteiger partial charge in [0, 0.05) is 26.2 Å². The predicted molar refractivity (Wildman–Crippen MR) is 77.5 cm³/mol. The van der Waals surface area contributed by atoms with Crippen LogP contribution in [0.2, 0.25) is 0 Å². The number of nitrogens with one attached hydrogen (secondary N) is 2. The highest BCUT2D eigenvalue weighted by atomic mass is 16.6. The van der Waals surface area contributed by atoms with Crippen molar-refractivity contribution >= 4 is 12.0 Å². The van der Waals surface area contributed by atoms with E-state index >= 15 is 0 Å². The maximum absolute atomic E-state index is 12.0. The molecule has 0 bridgehead atoms. The van der Waals surface area contributed by atoms with E-state index in [1.165, 1.54) is 0 Å². The van der Waals surface area contributed by atoms with Gasteiger partial charge in [0.15, 0.2) is 0 Å². The van der Waals surface area contributed by atoms with Gasteiger partial charge in [-0.25, -0.2) is 4.79 Å². The zero-order valence-corrected chi connectivity index (χ0v) is 13.2. The lowest BCUT2D eigenvalue weighted by atomic mass is 10.1. The van der Waals surface area contributed by atoms with Gasteiger partial charge in [0.1, 0.15) is 5.60 Å². The SMILES string of the molecule is CNC(=O)C(C)NC1CCCN(C(=O)OC(C)(C)C)C1. The molecule has 20 heavy (non-hydrogen) atoms. The summed E-state index contributed by atoms with van der Waals surface area (Å²) in [6, 6.07) is -0.132. The Kier molecular flexibility index (Phi) is 5.80. The van der Waals surface area contributed by atoms with E-state index in [1.807, 2.05) is 27.7 Å². The number of hydrogen-bond donors (Lipinski definition) is 2. The molecule has 0 aromatic heterocycles. The molecule has 0 spiro atoms. The maximum Gasteiger partial charge on any atom is 0.410 e. The first-order valence-electron chi connectivity index (χ1n) is 7.18. The van der Waals surface area contributed by atoms with E-state index in [0.29, 0.717) is 13.1 Å². The van der Waals surface area contributed by atoms with Crippen LogP contribution in [-0.4, -0.2) is 54.7 Å². The molecule has 1 aliphatic heterocycles. The Balaban J connectivity index is 2.50. The molecule has 1 heterocycles. The molecule has 6 nitrogen and oxygen atoms in total. The second kappa shape index (κ2) is 6.92. The van der Waals surface area contributed by atoms with Gasteiger partial charge >= 0.3 is 6.09 Å². The minimum atomic E-state index is -0.479. The molecular formula is C14H27N3O3. The van der Waals surface area contributed by atoms with Gasteiger partial charge in [0.2, 0.25) is 5.91 Å². The van der Waals surface area contributed by atoms with Crippen LogP contribution in [-0.2, 0) is 9.53 Å². The van der Waals surface area contributed by atoms with Gasteiger partial charge in [0.05, 0.1) is 6.04 Å². The third-order valence-electron chi connectivity index (χ3n) is 3.20. The van der Waals surface area contributed by atoms with E-state index in [2.05, 4.69) is 10.6 Å². The van der Waals surface area contributed by atoms with E-state index < -0.39 is 5.60 Å². The molecule has 1 rings (SSSR count). The Hall–Kier alpha value is -1.30. The molecule has 0 aliphatic carbocycles. The van der Waals surface area contributed by atoms with Crippen molar-refractivity contribution in [3.63, 3.8) is 0 Å². The molecule has 0 aromatic carbocycles. The summed E-state index contributed by atoms with van der Waals surface area (Å²) >= 11 is 0. The maximum atomic E-state index is 12.0. The molecule has 0 aromatic rings. The number of likely N-dealkylation sites (N-methyl/N-ethyl adjacent to an activating group) is 1. The highest BCUT2D eigenvalue weighted by molar-refractivity contribution is 5.81. The molecule has 116 valence electrons. The molecule has 2 amide bonds. The second-order valence-corrected chi connectivity index (χ2v) is 6.27. The van der Waals surface area contributed by atoms with Crippen LogP contribution in [0.15, 0.2) is 0 Å². The largest absolute Gasteiger partial charge is 0.444 e. The monoisotopic (exact) mass is 285 g/mol. The van der Waals surface area contributed by atoms with Crippen molar-refractivity contribution in [3.05, 3.63) is 0 Å². The van der Waals surface area contributed by atoms with Crippen molar-refractivity contribution < 1.29 is 14.3 Å². The molecule has 1 saturated heterocycles. The summed E-state index contributed by atoms with van der Waals surface area (Å²) in [4.78, 5) is 25.3. The minimum Gasteiger partial charge on any atom is -0.444 e. The number of carbonyl (C=O) groups excluding carboxylic acids is 2. The standard InChI is InChI=1S/C14H27N3O3/c1-10(12(18)15-5)16-11-7-6-8-17(9-11)13(19)20-14(2,3)4/h10-11,16H,6-9H2,1-5H3,(H,15,18). The Bertz CT molecular complexity index is 352. The summed E-state index contributed by atoms with van der Waals surface area (Å²) < 4.78 is 5.38. The molecule has 1 aliphatic rings. The molecule has 2 N–H and O–H groups in total. The first-order chi connectivity index (χ1) is 9.23. The lowest BCUT2D eigenvalue weighted by Gasteiger charge is -2.35. The number of ether oxygens (including phenoxy) is 1. The van der Waals surface area contributed by atoms with E-state index in [-0.39, 0.29) is 24.1 Å². The quantitative estimate of drug-likeness (QED) is 0.815. The van der Waals surface area contributed by atoms with Crippen LogP contribution >= 0.6 is 0 Å². The predicted octanol–water partition coefficient (Wildman–Crippen LogP) is 1.11. The topological polar surface area (TPSA) is 70.7 Å². The molecule has 0 saturated carbocycles. The van der Waals surface area contributed by atoms with Crippen molar-refractivity contribution in [2.24, 2.45) is 0 Å². The third-order valence-corrected chi connectivity index (χ3v) is 3.20. The number of piperidine rings is 1. The fraction of sp³-hybridized carbons (Fsp3) is 0.857. The highest BCUT2D eigenvalue weighted by Crippen LogP contribution is 2.15. The Morgan fingerprint density at radius 1 is 1.35 bits per heavy atom. The number of amides is 2. The van der Waals surface area contributed by atoms with Crippen molar-refractivity contribution in [1.82, 2.24) is 15.5 Å². The van der Waals surface area contributed by atoms with E-state index in [1.54, 1.807) is 11.9 Å². The average molecular weight is 285 g/mol. The second-order valence-electron chi connectivity index (χ2n) is 6.27. The Morgan fingerprint density at radius 3 is 2.55 bits per heavy atom. The number of likely N-dealkylation sites (tertiary alicyclic amines) is 1. The number of nitrogens with zero attached hydrogens (tertiary/aromatic N) is 1. The number of carbonyl (C=O) groups is 2. The van der Waals surface area contributed by atoms with Crippen LogP contribution in [0.1, 0.15) is 40.5 Å². The fourth-order valence-electron chi connectivity index (χ4n) is 2.25. The van der Waals surface area contributed by atoms with Crippen LogP contribution in [0.3, 0.4) is 0 Å². The normalized spacial score (nSPS) is 21.2. The zero-order valence-electron chi connectivity index (χ0n) is 13.2. The summed E-state index contributed by atoms with van der Waals surface area (Å²) in [5, 5.41) is 5.87. The lowest BCUT2D eigenvalue weighted by molar-refractivity contribution is -0.122. The fourth-order valence-corrected chi connectivity index (χ4v) is 2.25. The van der Waals surface area contributed by atoms with E-state index in [9.17, 15) is 9.59 Å². The van der Waals surface area contributed by atoms with Crippen molar-refractivity contribution in [2.45, 2.75) is 58.2 Å². The van der Waals surface area contributed by atoms with Crippen LogP contribution in [0.4, 0.5) is 4.79 Å². The van der Waals surface area contributed by atoms with Gasteiger partial charge in [-0.05, 0) is 40.5 Å². The molecule has 0 radical (unpaired) electrons. The van der Waals surface area contributed by atoms with Gasteiger partial charge in [-0.15, -0.1) is 0 Å². The van der Waals surface area contributed by atoms with Crippen molar-refractivity contribution in [1.29, 1.82) is 0 Å². The number of rotatable bonds is 3. The van der Waals surface area contributed by atoms with Crippen LogP contribution in [0.25, 0.3) is 0 Å². The summed E-state index contributed by atoms with van der Waals surface area (Å²) in [6.07, 6.45) is 1.59. The lowest BCUT2D eigenvalue weighted by Crippen LogP contribution is -2.53. The Morgan fingerprint density at radius 2 is 2.00 bits per heavy atom. The summed E-state index contributed by atoms with van der Waals surface area (Å²) in [5.74, 6) is -0.0422. The smallest absolute Gasteiger partial charge is 0.410 e. The summed E-state index contributed by atoms with van der Waals surface area (Å²) in [6.45, 7) is 8.69. The van der Waals surface area contributed by atoms with Crippen LogP contribution in [0, 0.1) is 0 Å². The van der Waals surface area contributed by atoms with E-state index in [0.717, 1.165) is 12.8 Å². The number of hydrogen-bond acceptors (Lipinski definition) is 4. The summed E-state index contributed by atoms with van der Waals surface area (Å²) in [5.41, 5.74) is -0.479. The molecule has 6 heteroatoms. The minimum absolute atomic E-state index is 0.0422. The van der Waals surface area contributed by atoms with Gasteiger partial charge in [0.25, 0.3) is 0 Å². The van der Waals surface area contributed by atoms with E-state index in [4.69, 9.17) is 4.74 Å². The van der Waals surface area contributed by atoms with Crippen LogP contribution < -0.4 is 10.6 Å². The van der Waals surface area contributed by atoms with Gasteiger partial charge in [-0.3, -0.25) is 4.79 Å². The van der Waals surface area contributed by atoms with Gasteiger partial charge in [-0.1, -0.05) is 0 Å². The van der Waals surface area contributed by atoms with Crippen molar-refractivity contribution in [2.75, 3.05) is 20.1 Å². The third kappa shape index (κ3) is 5.36. The zero-order chi connectivity index (χ0) is 15.3. The summed E-state index contributed by atoms with van der Waals surface area (Å²) in [7, 11) is 1.62. The van der Waals surface area contributed by atoms with Crippen molar-refractivity contribution in [3.8, 4) is 0 Å². The Labute approximate surface area is 121 Å². The first kappa shape index (κ1) is 16.8. The van der Waals surface area contributed by atoms with Gasteiger partial charge in [-0.2, -0.15) is 0 Å². The van der Waals surface area contributed by atoms with Gasteiger partial charge < -0.3 is 20.3 Å².